The Hall–Kier alpha value is -1.34. The van der Waals surface area contributed by atoms with Crippen LogP contribution in [0.15, 0.2) is 42.5 Å². The number of rotatable bonds is 4. The quantitative estimate of drug-likeness (QED) is 0.837. The van der Waals surface area contributed by atoms with Crippen molar-refractivity contribution in [3.05, 3.63) is 48.0 Å². The predicted molar refractivity (Wildman–Crippen MR) is 89.3 cm³/mol. The summed E-state index contributed by atoms with van der Waals surface area (Å²) in [5.74, 6) is 2.83. The third-order valence-corrected chi connectivity index (χ3v) is 5.78. The number of nitrogens with one attached hydrogen (secondary N) is 1. The Labute approximate surface area is 127 Å². The first-order chi connectivity index (χ1) is 10.3. The largest absolute Gasteiger partial charge is 0.310 e. The molecule has 2 aliphatic rings. The minimum absolute atomic E-state index is 0.551. The minimum Gasteiger partial charge on any atom is -0.310 e. The highest BCUT2D eigenvalue weighted by Crippen LogP contribution is 2.52. The maximum Gasteiger partial charge on any atom is 0.0351 e. The van der Waals surface area contributed by atoms with Crippen LogP contribution in [0.25, 0.3) is 10.8 Å². The lowest BCUT2D eigenvalue weighted by Crippen LogP contribution is -2.31. The van der Waals surface area contributed by atoms with E-state index in [1.165, 1.54) is 42.0 Å². The van der Waals surface area contributed by atoms with Gasteiger partial charge in [-0.3, -0.25) is 0 Å². The summed E-state index contributed by atoms with van der Waals surface area (Å²) in [6.07, 6.45) is 5.87. The fourth-order valence-electron chi connectivity index (χ4n) is 4.84. The van der Waals surface area contributed by atoms with Crippen molar-refractivity contribution in [3.8, 4) is 0 Å². The molecule has 0 radical (unpaired) electrons. The molecule has 2 aromatic rings. The summed E-state index contributed by atoms with van der Waals surface area (Å²) in [6.45, 7) is 3.30. The Morgan fingerprint density at radius 1 is 1.05 bits per heavy atom. The van der Waals surface area contributed by atoms with Gasteiger partial charge in [-0.1, -0.05) is 49.7 Å². The summed E-state index contributed by atoms with van der Waals surface area (Å²) in [7, 11) is 0. The molecule has 0 heterocycles. The van der Waals surface area contributed by atoms with Crippen molar-refractivity contribution in [2.24, 2.45) is 17.8 Å². The van der Waals surface area contributed by atoms with Gasteiger partial charge in [0.05, 0.1) is 0 Å². The molecule has 1 N–H and O–H groups in total. The fraction of sp³-hybridized carbons (Fsp3) is 0.500. The van der Waals surface area contributed by atoms with Crippen LogP contribution >= 0.6 is 0 Å². The van der Waals surface area contributed by atoms with Crippen LogP contribution in [0.2, 0.25) is 0 Å². The summed E-state index contributed by atoms with van der Waals surface area (Å²) in [4.78, 5) is 0. The van der Waals surface area contributed by atoms with Gasteiger partial charge in [0.1, 0.15) is 0 Å². The number of hydrogen-bond acceptors (Lipinski definition) is 1. The van der Waals surface area contributed by atoms with Crippen LogP contribution in [0.4, 0.5) is 0 Å². The molecule has 0 aliphatic heterocycles. The molecule has 110 valence electrons. The first-order valence-electron chi connectivity index (χ1n) is 8.57. The van der Waals surface area contributed by atoms with Crippen LogP contribution in [0, 0.1) is 17.8 Å². The van der Waals surface area contributed by atoms with Crippen molar-refractivity contribution in [2.45, 2.75) is 38.6 Å². The highest BCUT2D eigenvalue weighted by molar-refractivity contribution is 5.83. The minimum atomic E-state index is 0.551. The van der Waals surface area contributed by atoms with Gasteiger partial charge in [-0.15, -0.1) is 0 Å². The monoisotopic (exact) mass is 279 g/mol. The molecule has 1 nitrogen and oxygen atoms in total. The zero-order valence-electron chi connectivity index (χ0n) is 12.9. The van der Waals surface area contributed by atoms with Crippen LogP contribution in [0.5, 0.6) is 0 Å². The molecule has 4 rings (SSSR count). The smallest absolute Gasteiger partial charge is 0.0351 e. The molecule has 2 aromatic carbocycles. The summed E-state index contributed by atoms with van der Waals surface area (Å²) in [5.41, 5.74) is 1.49. The van der Waals surface area contributed by atoms with Crippen LogP contribution in [0.3, 0.4) is 0 Å². The van der Waals surface area contributed by atoms with Gasteiger partial charge in [-0.05, 0) is 66.0 Å². The lowest BCUT2D eigenvalue weighted by molar-refractivity contribution is 0.253. The zero-order chi connectivity index (χ0) is 14.2. The molecule has 0 spiro atoms. The molecular weight excluding hydrogens is 254 g/mol. The van der Waals surface area contributed by atoms with Crippen molar-refractivity contribution < 1.29 is 0 Å². The Bertz CT molecular complexity index is 633. The normalized spacial score (nSPS) is 29.1. The molecule has 0 aromatic heterocycles. The van der Waals surface area contributed by atoms with Crippen molar-refractivity contribution in [3.63, 3.8) is 0 Å². The van der Waals surface area contributed by atoms with Gasteiger partial charge in [-0.25, -0.2) is 0 Å². The number of fused-ring (bicyclic) bond motifs is 3. The lowest BCUT2D eigenvalue weighted by atomic mass is 9.80. The van der Waals surface area contributed by atoms with Gasteiger partial charge in [0.25, 0.3) is 0 Å². The zero-order valence-corrected chi connectivity index (χ0v) is 12.9. The average Bonchev–Trinajstić information content (AvgIpc) is 3.15. The second kappa shape index (κ2) is 5.46. The molecule has 0 saturated heterocycles. The van der Waals surface area contributed by atoms with Crippen LogP contribution in [0.1, 0.15) is 44.2 Å². The summed E-state index contributed by atoms with van der Waals surface area (Å²) in [5, 5.41) is 6.52. The van der Waals surface area contributed by atoms with Gasteiger partial charge < -0.3 is 5.32 Å². The molecule has 21 heavy (non-hydrogen) atoms. The van der Waals surface area contributed by atoms with Gasteiger partial charge in [0.2, 0.25) is 0 Å². The van der Waals surface area contributed by atoms with E-state index in [1.54, 1.807) is 0 Å². The van der Waals surface area contributed by atoms with E-state index in [1.807, 2.05) is 0 Å². The van der Waals surface area contributed by atoms with E-state index in [0.29, 0.717) is 6.04 Å². The molecule has 4 atom stereocenters. The van der Waals surface area contributed by atoms with E-state index < -0.39 is 0 Å². The average molecular weight is 279 g/mol. The van der Waals surface area contributed by atoms with Crippen molar-refractivity contribution in [2.75, 3.05) is 6.54 Å². The van der Waals surface area contributed by atoms with Gasteiger partial charge in [-0.2, -0.15) is 0 Å². The maximum atomic E-state index is 3.79. The van der Waals surface area contributed by atoms with Crippen LogP contribution < -0.4 is 5.32 Å². The Kier molecular flexibility index (Phi) is 3.46. The maximum absolute atomic E-state index is 3.79. The molecule has 2 aliphatic carbocycles. The molecule has 2 saturated carbocycles. The first-order valence-corrected chi connectivity index (χ1v) is 8.57. The third-order valence-electron chi connectivity index (χ3n) is 5.78. The van der Waals surface area contributed by atoms with E-state index in [-0.39, 0.29) is 0 Å². The molecular formula is C20H25N. The van der Waals surface area contributed by atoms with E-state index >= 15 is 0 Å². The number of hydrogen-bond donors (Lipinski definition) is 1. The Morgan fingerprint density at radius 2 is 1.90 bits per heavy atom. The van der Waals surface area contributed by atoms with E-state index in [2.05, 4.69) is 54.7 Å². The van der Waals surface area contributed by atoms with Gasteiger partial charge >= 0.3 is 0 Å². The number of benzene rings is 2. The fourth-order valence-corrected chi connectivity index (χ4v) is 4.84. The van der Waals surface area contributed by atoms with Crippen molar-refractivity contribution >= 4 is 10.8 Å². The third kappa shape index (κ3) is 2.38. The molecule has 4 unspecified atom stereocenters. The van der Waals surface area contributed by atoms with Gasteiger partial charge in [0.15, 0.2) is 0 Å². The lowest BCUT2D eigenvalue weighted by Gasteiger charge is -2.31. The molecule has 0 amide bonds. The SMILES string of the molecule is CCNC(c1ccc2ccccc2c1)C1CC2CCC1C2. The summed E-state index contributed by atoms with van der Waals surface area (Å²) in [6, 6.07) is 16.3. The Balaban J connectivity index is 1.68. The second-order valence-corrected chi connectivity index (χ2v) is 6.98. The predicted octanol–water partition coefficient (Wildman–Crippen LogP) is 4.93. The van der Waals surface area contributed by atoms with Crippen LogP contribution in [-0.4, -0.2) is 6.54 Å². The summed E-state index contributed by atoms with van der Waals surface area (Å²) >= 11 is 0. The Morgan fingerprint density at radius 3 is 2.62 bits per heavy atom. The van der Waals surface area contributed by atoms with E-state index in [0.717, 1.165) is 24.3 Å². The molecule has 2 bridgehead atoms. The van der Waals surface area contributed by atoms with E-state index in [9.17, 15) is 0 Å². The summed E-state index contributed by atoms with van der Waals surface area (Å²) < 4.78 is 0. The topological polar surface area (TPSA) is 12.0 Å². The standard InChI is InChI=1S/C20H25N/c1-2-21-20(19-12-14-7-8-17(19)11-14)18-10-9-15-5-3-4-6-16(15)13-18/h3-6,9-10,13-14,17,19-21H,2,7-8,11-12H2,1H3. The highest BCUT2D eigenvalue weighted by Gasteiger charge is 2.43. The molecule has 2 fully saturated rings. The van der Waals surface area contributed by atoms with Crippen molar-refractivity contribution in [1.82, 2.24) is 5.32 Å². The second-order valence-electron chi connectivity index (χ2n) is 6.98. The molecule has 1 heteroatoms. The van der Waals surface area contributed by atoms with Gasteiger partial charge in [0, 0.05) is 6.04 Å². The van der Waals surface area contributed by atoms with Crippen molar-refractivity contribution in [1.29, 1.82) is 0 Å². The van der Waals surface area contributed by atoms with Crippen LogP contribution in [-0.2, 0) is 0 Å². The van der Waals surface area contributed by atoms with E-state index in [4.69, 9.17) is 0 Å². The first kappa shape index (κ1) is 13.3. The highest BCUT2D eigenvalue weighted by atomic mass is 14.9.